The van der Waals surface area contributed by atoms with Crippen LogP contribution in [0.2, 0.25) is 5.02 Å². The van der Waals surface area contributed by atoms with Crippen LogP contribution in [0.5, 0.6) is 0 Å². The van der Waals surface area contributed by atoms with Crippen LogP contribution < -0.4 is 10.9 Å². The van der Waals surface area contributed by atoms with E-state index in [0.717, 1.165) is 5.56 Å². The summed E-state index contributed by atoms with van der Waals surface area (Å²) in [5.41, 5.74) is 1.29. The molecule has 0 unspecified atom stereocenters. The van der Waals surface area contributed by atoms with E-state index in [4.69, 9.17) is 16.3 Å². The Balaban J connectivity index is 1.67. The van der Waals surface area contributed by atoms with Gasteiger partial charge in [0.05, 0.1) is 30.6 Å². The number of rotatable bonds is 9. The number of para-hydroxylation sites is 1. The highest BCUT2D eigenvalue weighted by atomic mass is 35.5. The molecule has 0 bridgehead atoms. The zero-order valence-corrected chi connectivity index (χ0v) is 16.9. The minimum absolute atomic E-state index is 0.143. The summed E-state index contributed by atoms with van der Waals surface area (Å²) in [6.45, 7) is 1.79. The summed E-state index contributed by atoms with van der Waals surface area (Å²) in [6, 6.07) is 14.5. The summed E-state index contributed by atoms with van der Waals surface area (Å²) in [5, 5.41) is 4.03. The summed E-state index contributed by atoms with van der Waals surface area (Å²) in [7, 11) is 1.60. The van der Waals surface area contributed by atoms with E-state index < -0.39 is 0 Å². The van der Waals surface area contributed by atoms with Crippen molar-refractivity contribution in [1.29, 1.82) is 0 Å². The summed E-state index contributed by atoms with van der Waals surface area (Å²) < 4.78 is 5.15. The summed E-state index contributed by atoms with van der Waals surface area (Å²) in [5.74, 6) is 0.355. The Morgan fingerprint density at radius 2 is 1.97 bits per heavy atom. The predicted molar refractivity (Wildman–Crippen MR) is 113 cm³/mol. The Kier molecular flexibility index (Phi) is 7.35. The van der Waals surface area contributed by atoms with Crippen molar-refractivity contribution in [2.75, 3.05) is 26.8 Å². The van der Waals surface area contributed by atoms with Crippen molar-refractivity contribution in [3.05, 3.63) is 75.3 Å². The minimum Gasteiger partial charge on any atom is -0.383 e. The van der Waals surface area contributed by atoms with Crippen molar-refractivity contribution >= 4 is 28.4 Å². The third-order valence-corrected chi connectivity index (χ3v) is 4.82. The molecule has 29 heavy (non-hydrogen) atoms. The molecule has 0 saturated heterocycles. The first-order chi connectivity index (χ1) is 14.1. The van der Waals surface area contributed by atoms with Crippen molar-refractivity contribution in [2.45, 2.75) is 13.1 Å². The van der Waals surface area contributed by atoms with Gasteiger partial charge in [-0.2, -0.15) is 0 Å². The number of fused-ring (bicyclic) bond motifs is 1. The SMILES string of the molecule is COCCN(CC(=O)NCc1ccccc1Cl)Cc1nc2ccccc2c(=O)[nH]1. The van der Waals surface area contributed by atoms with Crippen LogP contribution in [-0.2, 0) is 22.6 Å². The standard InChI is InChI=1S/C21H23ClN4O3/c1-29-11-10-26(14-20(27)23-12-15-6-2-4-8-17(15)22)13-19-24-18-9-5-3-7-16(18)21(28)25-19/h2-9H,10-14H2,1H3,(H,23,27)(H,24,25,28). The van der Waals surface area contributed by atoms with Gasteiger partial charge in [-0.3, -0.25) is 14.5 Å². The molecule has 0 spiro atoms. The zero-order valence-electron chi connectivity index (χ0n) is 16.2. The molecular formula is C21H23ClN4O3. The maximum atomic E-state index is 12.4. The van der Waals surface area contributed by atoms with Crippen molar-refractivity contribution < 1.29 is 9.53 Å². The first-order valence-electron chi connectivity index (χ1n) is 9.26. The smallest absolute Gasteiger partial charge is 0.258 e. The second kappa shape index (κ2) is 10.2. The van der Waals surface area contributed by atoms with Gasteiger partial charge in [-0.25, -0.2) is 4.98 Å². The highest BCUT2D eigenvalue weighted by molar-refractivity contribution is 6.31. The fourth-order valence-electron chi connectivity index (χ4n) is 2.95. The molecule has 7 nitrogen and oxygen atoms in total. The molecule has 0 atom stereocenters. The summed E-state index contributed by atoms with van der Waals surface area (Å²) >= 11 is 6.13. The average Bonchev–Trinajstić information content (AvgIpc) is 2.71. The number of benzene rings is 2. The molecule has 0 saturated carbocycles. The lowest BCUT2D eigenvalue weighted by molar-refractivity contribution is -0.122. The average molecular weight is 415 g/mol. The molecule has 0 aliphatic carbocycles. The molecule has 8 heteroatoms. The number of amides is 1. The van der Waals surface area contributed by atoms with E-state index in [2.05, 4.69) is 15.3 Å². The lowest BCUT2D eigenvalue weighted by Crippen LogP contribution is -2.38. The number of ether oxygens (including phenoxy) is 1. The molecular weight excluding hydrogens is 392 g/mol. The van der Waals surface area contributed by atoms with Gasteiger partial charge >= 0.3 is 0 Å². The number of nitrogens with one attached hydrogen (secondary N) is 2. The van der Waals surface area contributed by atoms with Gasteiger partial charge in [0.2, 0.25) is 5.91 Å². The van der Waals surface area contributed by atoms with Crippen LogP contribution in [-0.4, -0.2) is 47.6 Å². The van der Waals surface area contributed by atoms with E-state index in [1.54, 1.807) is 31.4 Å². The van der Waals surface area contributed by atoms with Gasteiger partial charge in [0.25, 0.3) is 5.56 Å². The summed E-state index contributed by atoms with van der Waals surface area (Å²) in [6.07, 6.45) is 0. The molecule has 0 aliphatic rings. The van der Waals surface area contributed by atoms with E-state index in [1.807, 2.05) is 29.2 Å². The van der Waals surface area contributed by atoms with Gasteiger partial charge in [-0.05, 0) is 23.8 Å². The normalized spacial score (nSPS) is 11.1. The topological polar surface area (TPSA) is 87.3 Å². The van der Waals surface area contributed by atoms with Gasteiger partial charge < -0.3 is 15.0 Å². The lowest BCUT2D eigenvalue weighted by Gasteiger charge is -2.21. The molecule has 152 valence electrons. The molecule has 2 aromatic carbocycles. The number of hydrogen-bond acceptors (Lipinski definition) is 5. The van der Waals surface area contributed by atoms with Crippen LogP contribution in [0.25, 0.3) is 10.9 Å². The Bertz CT molecular complexity index is 1040. The number of halogens is 1. The number of methoxy groups -OCH3 is 1. The maximum absolute atomic E-state index is 12.4. The monoisotopic (exact) mass is 414 g/mol. The number of aromatic nitrogens is 2. The van der Waals surface area contributed by atoms with Gasteiger partial charge in [-0.1, -0.05) is 41.9 Å². The van der Waals surface area contributed by atoms with E-state index in [-0.39, 0.29) is 18.0 Å². The van der Waals surface area contributed by atoms with Gasteiger partial charge in [0.1, 0.15) is 5.82 Å². The van der Waals surface area contributed by atoms with Crippen LogP contribution >= 0.6 is 11.6 Å². The number of aromatic amines is 1. The molecule has 3 rings (SSSR count). The summed E-state index contributed by atoms with van der Waals surface area (Å²) in [4.78, 5) is 33.9. The van der Waals surface area contributed by atoms with Crippen LogP contribution in [0.4, 0.5) is 0 Å². The molecule has 1 heterocycles. The number of nitrogens with zero attached hydrogens (tertiary/aromatic N) is 2. The third kappa shape index (κ3) is 5.87. The van der Waals surface area contributed by atoms with Crippen molar-refractivity contribution in [2.24, 2.45) is 0 Å². The lowest BCUT2D eigenvalue weighted by atomic mass is 10.2. The quantitative estimate of drug-likeness (QED) is 0.561. The molecule has 1 amide bonds. The molecule has 1 aromatic heterocycles. The number of carbonyl (C=O) groups excluding carboxylic acids is 1. The number of H-pyrrole nitrogens is 1. The van der Waals surface area contributed by atoms with Crippen molar-refractivity contribution in [3.63, 3.8) is 0 Å². The fraction of sp³-hybridized carbons (Fsp3) is 0.286. The first-order valence-corrected chi connectivity index (χ1v) is 9.64. The van der Waals surface area contributed by atoms with E-state index in [1.165, 1.54) is 0 Å². The fourth-order valence-corrected chi connectivity index (χ4v) is 3.15. The first kappa shape index (κ1) is 21.0. The molecule has 3 aromatic rings. The van der Waals surface area contributed by atoms with Crippen molar-refractivity contribution in [3.8, 4) is 0 Å². The Labute approximate surface area is 173 Å². The number of carbonyl (C=O) groups is 1. The second-order valence-electron chi connectivity index (χ2n) is 6.60. The minimum atomic E-state index is -0.194. The van der Waals surface area contributed by atoms with Gasteiger partial charge in [0, 0.05) is 25.2 Å². The molecule has 0 fully saturated rings. The predicted octanol–water partition coefficient (Wildman–Crippen LogP) is 2.34. The zero-order chi connectivity index (χ0) is 20.6. The van der Waals surface area contributed by atoms with Crippen LogP contribution in [0.3, 0.4) is 0 Å². The van der Waals surface area contributed by atoms with E-state index in [0.29, 0.717) is 48.0 Å². The maximum Gasteiger partial charge on any atom is 0.258 e. The van der Waals surface area contributed by atoms with Gasteiger partial charge in [-0.15, -0.1) is 0 Å². The third-order valence-electron chi connectivity index (χ3n) is 4.45. The molecule has 2 N–H and O–H groups in total. The number of hydrogen-bond donors (Lipinski definition) is 2. The van der Waals surface area contributed by atoms with Crippen molar-refractivity contribution in [1.82, 2.24) is 20.2 Å². The Morgan fingerprint density at radius 1 is 1.21 bits per heavy atom. The molecule has 0 aliphatic heterocycles. The largest absolute Gasteiger partial charge is 0.383 e. The van der Waals surface area contributed by atoms with Gasteiger partial charge in [0.15, 0.2) is 0 Å². The van der Waals surface area contributed by atoms with Crippen LogP contribution in [0, 0.1) is 0 Å². The second-order valence-corrected chi connectivity index (χ2v) is 7.01. The highest BCUT2D eigenvalue weighted by Crippen LogP contribution is 2.14. The molecule has 0 radical (unpaired) electrons. The Hall–Kier alpha value is -2.74. The van der Waals surface area contributed by atoms with E-state index in [9.17, 15) is 9.59 Å². The van der Waals surface area contributed by atoms with Crippen LogP contribution in [0.1, 0.15) is 11.4 Å². The van der Waals surface area contributed by atoms with Crippen LogP contribution in [0.15, 0.2) is 53.3 Å². The van der Waals surface area contributed by atoms with E-state index >= 15 is 0 Å². The highest BCUT2D eigenvalue weighted by Gasteiger charge is 2.14. The Morgan fingerprint density at radius 3 is 2.76 bits per heavy atom.